The lowest BCUT2D eigenvalue weighted by atomic mass is 10.3. The Morgan fingerprint density at radius 3 is 2.78 bits per heavy atom. The van der Waals surface area contributed by atoms with Crippen LogP contribution in [0, 0.1) is 0 Å². The predicted molar refractivity (Wildman–Crippen MR) is 65.7 cm³/mol. The van der Waals surface area contributed by atoms with Gasteiger partial charge in [0, 0.05) is 13.1 Å². The van der Waals surface area contributed by atoms with Crippen molar-refractivity contribution in [3.63, 3.8) is 0 Å². The highest BCUT2D eigenvalue weighted by atomic mass is 16.5. The molecule has 1 amide bonds. The Balaban J connectivity index is 1.89. The van der Waals surface area contributed by atoms with Crippen LogP contribution in [0.5, 0.6) is 11.5 Å². The molecule has 5 heteroatoms. The fraction of sp³-hybridized carbons (Fsp3) is 0.462. The van der Waals surface area contributed by atoms with Crippen molar-refractivity contribution in [3.05, 3.63) is 24.3 Å². The molecule has 1 atom stereocenters. The smallest absolute Gasteiger partial charge is 0.260 e. The number of para-hydroxylation sites is 2. The summed E-state index contributed by atoms with van der Waals surface area (Å²) in [4.78, 5) is 13.4. The average molecular weight is 251 g/mol. The zero-order valence-electron chi connectivity index (χ0n) is 10.3. The van der Waals surface area contributed by atoms with E-state index >= 15 is 0 Å². The number of hydrogen-bond acceptors (Lipinski definition) is 4. The Morgan fingerprint density at radius 2 is 2.17 bits per heavy atom. The third-order valence-electron chi connectivity index (χ3n) is 2.94. The maximum atomic E-state index is 11.8. The summed E-state index contributed by atoms with van der Waals surface area (Å²) in [6.07, 6.45) is 0.237. The highest BCUT2D eigenvalue weighted by molar-refractivity contribution is 5.78. The Hall–Kier alpha value is -1.75. The minimum Gasteiger partial charge on any atom is -0.493 e. The molecule has 1 saturated heterocycles. The van der Waals surface area contributed by atoms with E-state index in [2.05, 4.69) is 0 Å². The minimum atomic E-state index is -0.403. The molecule has 1 fully saturated rings. The first kappa shape index (κ1) is 12.7. The predicted octanol–water partition coefficient (Wildman–Crippen LogP) is 0.667. The second-order valence-electron chi connectivity index (χ2n) is 4.22. The Kier molecular flexibility index (Phi) is 4.04. The Bertz CT molecular complexity index is 421. The van der Waals surface area contributed by atoms with Crippen molar-refractivity contribution < 1.29 is 19.4 Å². The van der Waals surface area contributed by atoms with Gasteiger partial charge in [0.1, 0.15) is 0 Å². The number of carbonyl (C=O) groups is 1. The zero-order valence-corrected chi connectivity index (χ0v) is 10.3. The van der Waals surface area contributed by atoms with Gasteiger partial charge < -0.3 is 19.5 Å². The van der Waals surface area contributed by atoms with E-state index in [-0.39, 0.29) is 12.5 Å². The number of nitrogens with zero attached hydrogens (tertiary/aromatic N) is 1. The second kappa shape index (κ2) is 5.73. The van der Waals surface area contributed by atoms with E-state index in [1.165, 1.54) is 0 Å². The molecule has 0 unspecified atom stereocenters. The summed E-state index contributed by atoms with van der Waals surface area (Å²) < 4.78 is 10.6. The van der Waals surface area contributed by atoms with Gasteiger partial charge >= 0.3 is 0 Å². The monoisotopic (exact) mass is 251 g/mol. The summed E-state index contributed by atoms with van der Waals surface area (Å²) in [5, 5.41) is 9.36. The molecule has 0 spiro atoms. The van der Waals surface area contributed by atoms with Crippen LogP contribution in [0.4, 0.5) is 0 Å². The van der Waals surface area contributed by atoms with Crippen LogP contribution in [0.15, 0.2) is 24.3 Å². The fourth-order valence-corrected chi connectivity index (χ4v) is 1.94. The summed E-state index contributed by atoms with van der Waals surface area (Å²) >= 11 is 0. The van der Waals surface area contributed by atoms with Gasteiger partial charge in [-0.15, -0.1) is 0 Å². The molecule has 1 aromatic rings. The number of aliphatic hydroxyl groups is 1. The van der Waals surface area contributed by atoms with Crippen LogP contribution in [-0.2, 0) is 4.79 Å². The summed E-state index contributed by atoms with van der Waals surface area (Å²) in [6, 6.07) is 7.19. The third kappa shape index (κ3) is 2.92. The van der Waals surface area contributed by atoms with Crippen molar-refractivity contribution in [2.45, 2.75) is 12.5 Å². The van der Waals surface area contributed by atoms with Crippen molar-refractivity contribution in [1.82, 2.24) is 4.90 Å². The topological polar surface area (TPSA) is 59.0 Å². The van der Waals surface area contributed by atoms with Crippen LogP contribution in [0.2, 0.25) is 0 Å². The standard InChI is InChI=1S/C13H17NO4/c1-17-11-4-2-3-5-12(11)18-9-13(16)14-7-6-10(15)8-14/h2-5,10,15H,6-9H2,1H3/t10-/m1/s1. The molecule has 0 bridgehead atoms. The minimum absolute atomic E-state index is 0.0346. The van der Waals surface area contributed by atoms with Crippen LogP contribution < -0.4 is 9.47 Å². The summed E-state index contributed by atoms with van der Waals surface area (Å²) in [5.74, 6) is 1.04. The number of hydrogen-bond donors (Lipinski definition) is 1. The molecule has 0 aromatic heterocycles. The summed E-state index contributed by atoms with van der Waals surface area (Å²) in [7, 11) is 1.56. The molecule has 1 aliphatic rings. The van der Waals surface area contributed by atoms with Crippen molar-refractivity contribution in [2.75, 3.05) is 26.8 Å². The number of rotatable bonds is 4. The van der Waals surface area contributed by atoms with Crippen molar-refractivity contribution in [1.29, 1.82) is 0 Å². The van der Waals surface area contributed by atoms with Crippen molar-refractivity contribution in [3.8, 4) is 11.5 Å². The number of aliphatic hydroxyl groups excluding tert-OH is 1. The molecule has 5 nitrogen and oxygen atoms in total. The number of β-amino-alcohol motifs (C(OH)–C–C–N with tert-alkyl or cyclic N) is 1. The van der Waals surface area contributed by atoms with Gasteiger partial charge in [-0.05, 0) is 18.6 Å². The molecule has 98 valence electrons. The summed E-state index contributed by atoms with van der Waals surface area (Å²) in [5.41, 5.74) is 0. The molecular formula is C13H17NO4. The van der Waals surface area contributed by atoms with Crippen LogP contribution in [0.3, 0.4) is 0 Å². The lowest BCUT2D eigenvalue weighted by molar-refractivity contribution is -0.132. The van der Waals surface area contributed by atoms with E-state index < -0.39 is 6.10 Å². The highest BCUT2D eigenvalue weighted by Crippen LogP contribution is 2.25. The lowest BCUT2D eigenvalue weighted by Gasteiger charge is -2.16. The molecule has 1 heterocycles. The largest absolute Gasteiger partial charge is 0.493 e. The van der Waals surface area contributed by atoms with Gasteiger partial charge in [-0.1, -0.05) is 12.1 Å². The molecule has 2 rings (SSSR count). The molecular weight excluding hydrogens is 234 g/mol. The highest BCUT2D eigenvalue weighted by Gasteiger charge is 2.24. The molecule has 0 aliphatic carbocycles. The maximum Gasteiger partial charge on any atom is 0.260 e. The normalized spacial score (nSPS) is 18.8. The van der Waals surface area contributed by atoms with Crippen LogP contribution >= 0.6 is 0 Å². The Labute approximate surface area is 106 Å². The molecule has 1 aliphatic heterocycles. The SMILES string of the molecule is COc1ccccc1OCC(=O)N1CC[C@@H](O)C1. The summed E-state index contributed by atoms with van der Waals surface area (Å²) in [6.45, 7) is 0.955. The second-order valence-corrected chi connectivity index (χ2v) is 4.22. The molecule has 1 N–H and O–H groups in total. The van der Waals surface area contributed by atoms with E-state index in [9.17, 15) is 9.90 Å². The first-order chi connectivity index (χ1) is 8.70. The van der Waals surface area contributed by atoms with Gasteiger partial charge in [-0.25, -0.2) is 0 Å². The van der Waals surface area contributed by atoms with E-state index in [1.54, 1.807) is 24.1 Å². The van der Waals surface area contributed by atoms with Gasteiger partial charge in [0.2, 0.25) is 0 Å². The quantitative estimate of drug-likeness (QED) is 0.854. The van der Waals surface area contributed by atoms with E-state index in [0.717, 1.165) is 0 Å². The number of benzene rings is 1. The van der Waals surface area contributed by atoms with Gasteiger partial charge in [0.15, 0.2) is 18.1 Å². The maximum absolute atomic E-state index is 11.8. The fourth-order valence-electron chi connectivity index (χ4n) is 1.94. The van der Waals surface area contributed by atoms with E-state index in [4.69, 9.17) is 9.47 Å². The van der Waals surface area contributed by atoms with Crippen molar-refractivity contribution >= 4 is 5.91 Å². The third-order valence-corrected chi connectivity index (χ3v) is 2.94. The van der Waals surface area contributed by atoms with E-state index in [1.807, 2.05) is 12.1 Å². The van der Waals surface area contributed by atoms with Gasteiger partial charge in [-0.2, -0.15) is 0 Å². The number of methoxy groups -OCH3 is 1. The van der Waals surface area contributed by atoms with E-state index in [0.29, 0.717) is 31.0 Å². The molecule has 1 aromatic carbocycles. The zero-order chi connectivity index (χ0) is 13.0. The first-order valence-corrected chi connectivity index (χ1v) is 5.92. The first-order valence-electron chi connectivity index (χ1n) is 5.92. The molecule has 0 saturated carbocycles. The van der Waals surface area contributed by atoms with Crippen LogP contribution in [-0.4, -0.2) is 48.8 Å². The average Bonchev–Trinajstić information content (AvgIpc) is 2.83. The van der Waals surface area contributed by atoms with Crippen LogP contribution in [0.1, 0.15) is 6.42 Å². The lowest BCUT2D eigenvalue weighted by Crippen LogP contribution is -2.33. The Morgan fingerprint density at radius 1 is 1.44 bits per heavy atom. The van der Waals surface area contributed by atoms with Gasteiger partial charge in [0.05, 0.1) is 13.2 Å². The molecule has 18 heavy (non-hydrogen) atoms. The molecule has 0 radical (unpaired) electrons. The number of ether oxygens (including phenoxy) is 2. The number of amides is 1. The van der Waals surface area contributed by atoms with Gasteiger partial charge in [0.25, 0.3) is 5.91 Å². The van der Waals surface area contributed by atoms with Crippen molar-refractivity contribution in [2.24, 2.45) is 0 Å². The number of carbonyl (C=O) groups excluding carboxylic acids is 1. The van der Waals surface area contributed by atoms with Gasteiger partial charge in [-0.3, -0.25) is 4.79 Å². The number of likely N-dealkylation sites (tertiary alicyclic amines) is 1. The van der Waals surface area contributed by atoms with Crippen LogP contribution in [0.25, 0.3) is 0 Å².